The van der Waals surface area contributed by atoms with Gasteiger partial charge >= 0.3 is 0 Å². The second-order valence-electron chi connectivity index (χ2n) is 4.87. The summed E-state index contributed by atoms with van der Waals surface area (Å²) in [5.41, 5.74) is 0. The number of aromatic nitrogens is 2. The Labute approximate surface area is 116 Å². The molecule has 0 spiro atoms. The lowest BCUT2D eigenvalue weighted by Gasteiger charge is -2.23. The van der Waals surface area contributed by atoms with E-state index in [4.69, 9.17) is 4.74 Å². The zero-order valence-electron chi connectivity index (χ0n) is 12.7. The van der Waals surface area contributed by atoms with E-state index < -0.39 is 0 Å². The van der Waals surface area contributed by atoms with Gasteiger partial charge in [-0.25, -0.2) is 9.97 Å². The molecular formula is C14H26N4O. The first-order chi connectivity index (χ1) is 9.06. The molecule has 5 nitrogen and oxygen atoms in total. The van der Waals surface area contributed by atoms with Crippen molar-refractivity contribution in [1.82, 2.24) is 9.97 Å². The molecule has 2 N–H and O–H groups in total. The fraction of sp³-hybridized carbons (Fsp3) is 0.714. The maximum Gasteiger partial charge on any atom is 0.132 e. The molecule has 0 radical (unpaired) electrons. The lowest BCUT2D eigenvalue weighted by atomic mass is 10.1. The third kappa shape index (κ3) is 5.42. The quantitative estimate of drug-likeness (QED) is 0.757. The van der Waals surface area contributed by atoms with Gasteiger partial charge in [-0.05, 0) is 26.7 Å². The average Bonchev–Trinajstić information content (AvgIpc) is 2.33. The SMILES string of the molecule is CCNc1cc(NC(COCC)C(C)C)nc(C)n1. The fourth-order valence-corrected chi connectivity index (χ4v) is 1.75. The van der Waals surface area contributed by atoms with Gasteiger partial charge in [0.15, 0.2) is 0 Å². The second kappa shape index (κ2) is 7.94. The maximum atomic E-state index is 5.52. The van der Waals surface area contributed by atoms with Crippen molar-refractivity contribution in [3.05, 3.63) is 11.9 Å². The standard InChI is InChI=1S/C14H26N4O/c1-6-15-13-8-14(17-11(5)16-13)18-12(10(3)4)9-19-7-2/h8,10,12H,6-7,9H2,1-5H3,(H2,15,16,17,18). The van der Waals surface area contributed by atoms with Crippen molar-refractivity contribution in [2.75, 3.05) is 30.4 Å². The summed E-state index contributed by atoms with van der Waals surface area (Å²) < 4.78 is 5.52. The Morgan fingerprint density at radius 2 is 1.89 bits per heavy atom. The third-order valence-corrected chi connectivity index (χ3v) is 2.84. The van der Waals surface area contributed by atoms with Crippen molar-refractivity contribution in [2.24, 2.45) is 5.92 Å². The van der Waals surface area contributed by atoms with Gasteiger partial charge in [0.1, 0.15) is 17.5 Å². The monoisotopic (exact) mass is 266 g/mol. The van der Waals surface area contributed by atoms with Crippen LogP contribution in [0.2, 0.25) is 0 Å². The Hall–Kier alpha value is -1.36. The van der Waals surface area contributed by atoms with Gasteiger partial charge in [-0.15, -0.1) is 0 Å². The maximum absolute atomic E-state index is 5.52. The summed E-state index contributed by atoms with van der Waals surface area (Å²) in [5.74, 6) is 2.95. The van der Waals surface area contributed by atoms with E-state index in [0.29, 0.717) is 12.5 Å². The van der Waals surface area contributed by atoms with Crippen LogP contribution in [-0.4, -0.2) is 35.8 Å². The number of anilines is 2. The van der Waals surface area contributed by atoms with Gasteiger partial charge in [-0.1, -0.05) is 13.8 Å². The minimum absolute atomic E-state index is 0.253. The number of nitrogens with zero attached hydrogens (tertiary/aromatic N) is 2. The van der Waals surface area contributed by atoms with Crippen molar-refractivity contribution in [3.8, 4) is 0 Å². The van der Waals surface area contributed by atoms with Crippen LogP contribution in [0.25, 0.3) is 0 Å². The van der Waals surface area contributed by atoms with Crippen LogP contribution in [0.4, 0.5) is 11.6 Å². The fourth-order valence-electron chi connectivity index (χ4n) is 1.75. The molecule has 0 aliphatic rings. The van der Waals surface area contributed by atoms with Crippen molar-refractivity contribution < 1.29 is 4.74 Å². The molecule has 0 fully saturated rings. The van der Waals surface area contributed by atoms with E-state index in [1.807, 2.05) is 19.9 Å². The highest BCUT2D eigenvalue weighted by molar-refractivity contribution is 5.48. The van der Waals surface area contributed by atoms with E-state index in [1.165, 1.54) is 0 Å². The highest BCUT2D eigenvalue weighted by Gasteiger charge is 2.14. The predicted octanol–water partition coefficient (Wildman–Crippen LogP) is 2.69. The summed E-state index contributed by atoms with van der Waals surface area (Å²) in [6, 6.07) is 2.20. The average molecular weight is 266 g/mol. The van der Waals surface area contributed by atoms with Crippen LogP contribution in [0.15, 0.2) is 6.07 Å². The Morgan fingerprint density at radius 1 is 1.21 bits per heavy atom. The van der Waals surface area contributed by atoms with Gasteiger partial charge in [0.2, 0.25) is 0 Å². The van der Waals surface area contributed by atoms with E-state index in [0.717, 1.165) is 30.6 Å². The first-order valence-corrected chi connectivity index (χ1v) is 7.00. The van der Waals surface area contributed by atoms with E-state index >= 15 is 0 Å². The van der Waals surface area contributed by atoms with E-state index in [2.05, 4.69) is 41.4 Å². The summed E-state index contributed by atoms with van der Waals surface area (Å²) >= 11 is 0. The van der Waals surface area contributed by atoms with Gasteiger partial charge in [-0.3, -0.25) is 0 Å². The lowest BCUT2D eigenvalue weighted by Crippen LogP contribution is -2.31. The molecule has 1 unspecified atom stereocenters. The van der Waals surface area contributed by atoms with Crippen molar-refractivity contribution in [1.29, 1.82) is 0 Å². The minimum Gasteiger partial charge on any atom is -0.380 e. The summed E-state index contributed by atoms with van der Waals surface area (Å²) in [4.78, 5) is 8.77. The zero-order valence-corrected chi connectivity index (χ0v) is 12.7. The number of nitrogens with one attached hydrogen (secondary N) is 2. The third-order valence-electron chi connectivity index (χ3n) is 2.84. The summed E-state index contributed by atoms with van der Waals surface area (Å²) in [5, 5.41) is 6.65. The van der Waals surface area contributed by atoms with Crippen LogP contribution in [0, 0.1) is 12.8 Å². The Bertz CT molecular complexity index is 382. The molecule has 0 saturated carbocycles. The minimum atomic E-state index is 0.253. The van der Waals surface area contributed by atoms with E-state index in [-0.39, 0.29) is 6.04 Å². The molecule has 5 heteroatoms. The van der Waals surface area contributed by atoms with Crippen LogP contribution in [0.5, 0.6) is 0 Å². The molecular weight excluding hydrogens is 240 g/mol. The molecule has 1 aromatic rings. The molecule has 108 valence electrons. The molecule has 0 aromatic carbocycles. The largest absolute Gasteiger partial charge is 0.380 e. The van der Waals surface area contributed by atoms with Crippen molar-refractivity contribution >= 4 is 11.6 Å². The zero-order chi connectivity index (χ0) is 14.3. The molecule has 1 heterocycles. The summed E-state index contributed by atoms with van der Waals surface area (Å²) in [6.07, 6.45) is 0. The van der Waals surface area contributed by atoms with Crippen LogP contribution >= 0.6 is 0 Å². The molecule has 0 aliphatic carbocycles. The first kappa shape index (κ1) is 15.7. The topological polar surface area (TPSA) is 59.1 Å². The Morgan fingerprint density at radius 3 is 2.47 bits per heavy atom. The molecule has 0 aliphatic heterocycles. The number of rotatable bonds is 8. The smallest absolute Gasteiger partial charge is 0.132 e. The van der Waals surface area contributed by atoms with Crippen LogP contribution in [-0.2, 0) is 4.74 Å². The molecule has 0 bridgehead atoms. The van der Waals surface area contributed by atoms with Crippen LogP contribution < -0.4 is 10.6 Å². The molecule has 19 heavy (non-hydrogen) atoms. The summed E-state index contributed by atoms with van der Waals surface area (Å²) in [6.45, 7) is 12.6. The molecule has 0 amide bonds. The van der Waals surface area contributed by atoms with Gasteiger partial charge in [-0.2, -0.15) is 0 Å². The predicted molar refractivity (Wildman–Crippen MR) is 79.7 cm³/mol. The first-order valence-electron chi connectivity index (χ1n) is 7.00. The molecule has 1 rings (SSSR count). The number of hydrogen-bond acceptors (Lipinski definition) is 5. The van der Waals surface area contributed by atoms with E-state index in [9.17, 15) is 0 Å². The van der Waals surface area contributed by atoms with Gasteiger partial charge in [0.05, 0.1) is 12.6 Å². The van der Waals surface area contributed by atoms with Gasteiger partial charge in [0.25, 0.3) is 0 Å². The van der Waals surface area contributed by atoms with Crippen molar-refractivity contribution in [3.63, 3.8) is 0 Å². The number of hydrogen-bond donors (Lipinski definition) is 2. The lowest BCUT2D eigenvalue weighted by molar-refractivity contribution is 0.126. The Balaban J connectivity index is 2.77. The van der Waals surface area contributed by atoms with Gasteiger partial charge < -0.3 is 15.4 Å². The number of ether oxygens (including phenoxy) is 1. The van der Waals surface area contributed by atoms with E-state index in [1.54, 1.807) is 0 Å². The van der Waals surface area contributed by atoms with Crippen LogP contribution in [0.3, 0.4) is 0 Å². The summed E-state index contributed by atoms with van der Waals surface area (Å²) in [7, 11) is 0. The molecule has 1 atom stereocenters. The molecule has 1 aromatic heterocycles. The highest BCUT2D eigenvalue weighted by Crippen LogP contribution is 2.15. The second-order valence-corrected chi connectivity index (χ2v) is 4.87. The van der Waals surface area contributed by atoms with Crippen molar-refractivity contribution in [2.45, 2.75) is 40.7 Å². The molecule has 0 saturated heterocycles. The highest BCUT2D eigenvalue weighted by atomic mass is 16.5. The van der Waals surface area contributed by atoms with Crippen LogP contribution in [0.1, 0.15) is 33.5 Å². The van der Waals surface area contributed by atoms with Gasteiger partial charge in [0, 0.05) is 19.2 Å². The normalized spacial score (nSPS) is 12.5. The Kier molecular flexibility index (Phi) is 6.56. The number of aryl methyl sites for hydroxylation is 1.